The van der Waals surface area contributed by atoms with Crippen molar-refractivity contribution in [1.82, 2.24) is 9.78 Å². The van der Waals surface area contributed by atoms with E-state index in [-0.39, 0.29) is 5.91 Å². The van der Waals surface area contributed by atoms with Crippen LogP contribution in [-0.2, 0) is 22.3 Å². The van der Waals surface area contributed by atoms with E-state index in [0.29, 0.717) is 22.9 Å². The average Bonchev–Trinajstić information content (AvgIpc) is 3.25. The predicted octanol–water partition coefficient (Wildman–Crippen LogP) is 4.35. The second-order valence-electron chi connectivity index (χ2n) is 7.27. The third kappa shape index (κ3) is 3.25. The molecule has 2 heterocycles. The van der Waals surface area contributed by atoms with Crippen molar-refractivity contribution in [1.29, 1.82) is 0 Å². The Kier molecular flexibility index (Phi) is 4.28. The maximum atomic E-state index is 13.0. The number of fused-ring (bicyclic) bond motifs is 2. The fourth-order valence-corrected chi connectivity index (χ4v) is 4.90. The van der Waals surface area contributed by atoms with Gasteiger partial charge in [0, 0.05) is 21.9 Å². The lowest BCUT2D eigenvalue weighted by Crippen LogP contribution is -2.16. The van der Waals surface area contributed by atoms with Gasteiger partial charge in [-0.05, 0) is 42.0 Å². The van der Waals surface area contributed by atoms with Gasteiger partial charge in [-0.15, -0.1) is 0 Å². The second kappa shape index (κ2) is 6.97. The van der Waals surface area contributed by atoms with E-state index in [2.05, 4.69) is 10.4 Å². The number of amides is 1. The molecule has 1 aliphatic rings. The highest BCUT2D eigenvalue weighted by Gasteiger charge is 2.28. The number of anilines is 1. The van der Waals surface area contributed by atoms with Crippen LogP contribution in [0.15, 0.2) is 66.7 Å². The van der Waals surface area contributed by atoms with Crippen LogP contribution >= 0.6 is 0 Å². The van der Waals surface area contributed by atoms with Crippen molar-refractivity contribution in [3.8, 4) is 5.69 Å². The van der Waals surface area contributed by atoms with Gasteiger partial charge in [-0.25, -0.2) is 4.68 Å². The summed E-state index contributed by atoms with van der Waals surface area (Å²) in [6, 6.07) is 21.6. The number of nitrogens with zero attached hydrogens (tertiary/aromatic N) is 2. The van der Waals surface area contributed by atoms with Gasteiger partial charge in [-0.1, -0.05) is 48.0 Å². The molecule has 0 bridgehead atoms. The Bertz CT molecular complexity index is 1280. The van der Waals surface area contributed by atoms with Crippen molar-refractivity contribution in [3.05, 3.63) is 89.1 Å². The number of hydrogen-bond acceptors (Lipinski definition) is 3. The van der Waals surface area contributed by atoms with Crippen molar-refractivity contribution in [3.63, 3.8) is 0 Å². The summed E-state index contributed by atoms with van der Waals surface area (Å²) in [4.78, 5) is 13.0. The molecule has 3 aromatic carbocycles. The van der Waals surface area contributed by atoms with Crippen LogP contribution in [0.4, 0.5) is 5.82 Å². The van der Waals surface area contributed by atoms with Crippen LogP contribution in [0.25, 0.3) is 16.5 Å². The van der Waals surface area contributed by atoms with Crippen LogP contribution in [0, 0.1) is 6.92 Å². The molecule has 1 amide bonds. The summed E-state index contributed by atoms with van der Waals surface area (Å²) in [7, 11) is -0.972. The molecule has 4 aromatic rings. The van der Waals surface area contributed by atoms with Gasteiger partial charge in [0.2, 0.25) is 0 Å². The molecule has 0 saturated carbocycles. The molecular weight excluding hydrogens is 382 g/mol. The third-order valence-electron chi connectivity index (χ3n) is 5.19. The van der Waals surface area contributed by atoms with Crippen LogP contribution in [0.1, 0.15) is 27.2 Å². The molecule has 0 saturated heterocycles. The van der Waals surface area contributed by atoms with Crippen LogP contribution in [0.5, 0.6) is 0 Å². The molecule has 5 rings (SSSR count). The highest BCUT2D eigenvalue weighted by molar-refractivity contribution is 7.83. The number of nitrogens with one attached hydrogen (secondary N) is 1. The van der Waals surface area contributed by atoms with Crippen molar-refractivity contribution < 1.29 is 9.00 Å². The topological polar surface area (TPSA) is 64.0 Å². The summed E-state index contributed by atoms with van der Waals surface area (Å²) in [6.07, 6.45) is 0. The molecule has 29 heavy (non-hydrogen) atoms. The first-order chi connectivity index (χ1) is 14.1. The van der Waals surface area contributed by atoms with Crippen LogP contribution in [-0.4, -0.2) is 19.9 Å². The Morgan fingerprint density at radius 1 is 1.00 bits per heavy atom. The SMILES string of the molecule is Cc1ccc(-n2nc3c(c2NC(=O)c2ccc4ccccc4c2)C[S@@](=O)C3)cc1. The monoisotopic (exact) mass is 401 g/mol. The number of hydrogen-bond donors (Lipinski definition) is 1. The Morgan fingerprint density at radius 3 is 2.55 bits per heavy atom. The third-order valence-corrected chi connectivity index (χ3v) is 6.40. The van der Waals surface area contributed by atoms with E-state index in [1.807, 2.05) is 73.7 Å². The molecule has 1 aromatic heterocycles. The maximum Gasteiger partial charge on any atom is 0.256 e. The smallest absolute Gasteiger partial charge is 0.256 e. The molecule has 0 unspecified atom stereocenters. The van der Waals surface area contributed by atoms with E-state index in [9.17, 15) is 9.00 Å². The number of benzene rings is 3. The number of rotatable bonds is 3. The van der Waals surface area contributed by atoms with Gasteiger partial charge in [0.05, 0.1) is 22.9 Å². The minimum absolute atomic E-state index is 0.204. The Labute approximate surface area is 170 Å². The molecule has 0 fully saturated rings. The minimum atomic E-state index is -0.972. The van der Waals surface area contributed by atoms with Crippen molar-refractivity contribution in [2.75, 3.05) is 5.32 Å². The Morgan fingerprint density at radius 2 is 1.76 bits per heavy atom. The molecule has 144 valence electrons. The molecule has 5 nitrogen and oxygen atoms in total. The number of aromatic nitrogens is 2. The number of carbonyl (C=O) groups is 1. The van der Waals surface area contributed by atoms with Gasteiger partial charge < -0.3 is 5.32 Å². The summed E-state index contributed by atoms with van der Waals surface area (Å²) in [5.41, 5.74) is 4.24. The van der Waals surface area contributed by atoms with Gasteiger partial charge in [0.25, 0.3) is 5.91 Å². The van der Waals surface area contributed by atoms with Crippen molar-refractivity contribution in [2.24, 2.45) is 0 Å². The molecule has 1 aliphatic heterocycles. The summed E-state index contributed by atoms with van der Waals surface area (Å²) < 4.78 is 13.8. The van der Waals surface area contributed by atoms with Gasteiger partial charge in [-0.2, -0.15) is 5.10 Å². The van der Waals surface area contributed by atoms with E-state index in [4.69, 9.17) is 0 Å². The lowest BCUT2D eigenvalue weighted by Gasteiger charge is -2.12. The van der Waals surface area contributed by atoms with Crippen LogP contribution in [0.2, 0.25) is 0 Å². The molecule has 0 aliphatic carbocycles. The summed E-state index contributed by atoms with van der Waals surface area (Å²) >= 11 is 0. The first kappa shape index (κ1) is 17.8. The number of carbonyl (C=O) groups excluding carboxylic acids is 1. The summed E-state index contributed by atoms with van der Waals surface area (Å²) in [5.74, 6) is 1.24. The van der Waals surface area contributed by atoms with E-state index < -0.39 is 10.8 Å². The maximum absolute atomic E-state index is 13.0. The second-order valence-corrected chi connectivity index (χ2v) is 8.72. The summed E-state index contributed by atoms with van der Waals surface area (Å²) in [6.45, 7) is 2.03. The predicted molar refractivity (Wildman–Crippen MR) is 116 cm³/mol. The van der Waals surface area contributed by atoms with Crippen LogP contribution in [0.3, 0.4) is 0 Å². The van der Waals surface area contributed by atoms with Gasteiger partial charge in [0.1, 0.15) is 5.82 Å². The molecule has 6 heteroatoms. The highest BCUT2D eigenvalue weighted by Crippen LogP contribution is 2.32. The van der Waals surface area contributed by atoms with E-state index in [0.717, 1.165) is 33.3 Å². The summed E-state index contributed by atoms with van der Waals surface area (Å²) in [5, 5.41) is 9.78. The zero-order chi connectivity index (χ0) is 20.0. The fraction of sp³-hybridized carbons (Fsp3) is 0.130. The molecular formula is C23H19N3O2S. The van der Waals surface area contributed by atoms with E-state index >= 15 is 0 Å². The van der Waals surface area contributed by atoms with Gasteiger partial charge in [-0.3, -0.25) is 9.00 Å². The van der Waals surface area contributed by atoms with E-state index in [1.165, 1.54) is 0 Å². The van der Waals surface area contributed by atoms with Crippen LogP contribution < -0.4 is 5.32 Å². The Balaban J connectivity index is 1.55. The molecule has 1 atom stereocenters. The zero-order valence-corrected chi connectivity index (χ0v) is 16.7. The lowest BCUT2D eigenvalue weighted by molar-refractivity contribution is 0.102. The van der Waals surface area contributed by atoms with E-state index in [1.54, 1.807) is 4.68 Å². The first-order valence-electron chi connectivity index (χ1n) is 9.41. The zero-order valence-electron chi connectivity index (χ0n) is 15.9. The lowest BCUT2D eigenvalue weighted by atomic mass is 10.1. The van der Waals surface area contributed by atoms with Crippen molar-refractivity contribution >= 4 is 33.3 Å². The standard InChI is InChI=1S/C23H19N3O2S/c1-15-6-10-19(11-7-15)26-22(20-13-29(28)14-21(20)25-26)24-23(27)18-9-8-16-4-2-3-5-17(16)12-18/h2-12H,13-14H2,1H3,(H,24,27)/t29-/m1/s1. The normalized spacial score (nSPS) is 15.4. The van der Waals surface area contributed by atoms with Gasteiger partial charge >= 0.3 is 0 Å². The largest absolute Gasteiger partial charge is 0.306 e. The molecule has 0 spiro atoms. The Hall–Kier alpha value is -3.25. The average molecular weight is 401 g/mol. The first-order valence-corrected chi connectivity index (χ1v) is 10.9. The number of aryl methyl sites for hydroxylation is 1. The minimum Gasteiger partial charge on any atom is -0.306 e. The van der Waals surface area contributed by atoms with Gasteiger partial charge in [0.15, 0.2) is 0 Å². The molecule has 0 radical (unpaired) electrons. The highest BCUT2D eigenvalue weighted by atomic mass is 32.2. The quantitative estimate of drug-likeness (QED) is 0.555. The van der Waals surface area contributed by atoms with Crippen molar-refractivity contribution in [2.45, 2.75) is 18.4 Å². The molecule has 1 N–H and O–H groups in total. The fourth-order valence-electron chi connectivity index (χ4n) is 3.64.